The van der Waals surface area contributed by atoms with Crippen LogP contribution < -0.4 is 24.9 Å². The number of thiazole rings is 1. The van der Waals surface area contributed by atoms with Crippen molar-refractivity contribution in [2.75, 3.05) is 12.4 Å². The number of fused-ring (bicyclic) bond motifs is 1. The quantitative estimate of drug-likeness (QED) is 0.200. The Labute approximate surface area is 252 Å². The van der Waals surface area contributed by atoms with Crippen LogP contribution in [0.1, 0.15) is 24.3 Å². The molecule has 220 valence electrons. The summed E-state index contributed by atoms with van der Waals surface area (Å²) in [6, 6.07) is 21.2. The molecule has 10 nitrogen and oxygen atoms in total. The van der Waals surface area contributed by atoms with E-state index >= 15 is 0 Å². The van der Waals surface area contributed by atoms with Gasteiger partial charge in [-0.1, -0.05) is 41.7 Å². The van der Waals surface area contributed by atoms with E-state index in [-0.39, 0.29) is 17.0 Å². The summed E-state index contributed by atoms with van der Waals surface area (Å²) < 4.78 is 26.9. The molecule has 0 radical (unpaired) electrons. The van der Waals surface area contributed by atoms with Crippen molar-refractivity contribution >= 4 is 34.7 Å². The molecule has 0 spiro atoms. The minimum absolute atomic E-state index is 0.124. The lowest BCUT2D eigenvalue weighted by molar-refractivity contribution is -0.384. The van der Waals surface area contributed by atoms with Gasteiger partial charge in [0.2, 0.25) is 0 Å². The normalized spacial score (nSPS) is 14.6. The van der Waals surface area contributed by atoms with Crippen molar-refractivity contribution in [3.8, 4) is 17.1 Å². The van der Waals surface area contributed by atoms with E-state index in [9.17, 15) is 24.1 Å². The number of carbonyl (C=O) groups excluding carboxylic acids is 1. The van der Waals surface area contributed by atoms with Gasteiger partial charge in [0, 0.05) is 17.8 Å². The largest absolute Gasteiger partial charge is 0.496 e. The number of anilines is 1. The van der Waals surface area contributed by atoms with Crippen LogP contribution in [0, 0.1) is 15.9 Å². The number of ether oxygens (including phenoxy) is 1. The molecule has 3 aromatic carbocycles. The van der Waals surface area contributed by atoms with E-state index in [0.29, 0.717) is 43.4 Å². The Morgan fingerprint density at radius 1 is 1.11 bits per heavy atom. The number of para-hydroxylation sites is 1. The van der Waals surface area contributed by atoms with E-state index in [1.54, 1.807) is 61.5 Å². The molecule has 1 N–H and O–H groups in total. The summed E-state index contributed by atoms with van der Waals surface area (Å²) >= 11 is 1.13. The Morgan fingerprint density at radius 3 is 2.57 bits per heavy atom. The highest BCUT2D eigenvalue weighted by atomic mass is 32.1. The highest BCUT2D eigenvalue weighted by Crippen LogP contribution is 2.35. The second-order valence-electron chi connectivity index (χ2n) is 9.80. The molecule has 0 unspecified atom stereocenters. The lowest BCUT2D eigenvalue weighted by Gasteiger charge is -2.25. The summed E-state index contributed by atoms with van der Waals surface area (Å²) in [4.78, 5) is 43.1. The van der Waals surface area contributed by atoms with Crippen LogP contribution in [0.3, 0.4) is 0 Å². The number of hydrogen-bond acceptors (Lipinski definition) is 8. The highest BCUT2D eigenvalue weighted by Gasteiger charge is 2.32. The maximum Gasteiger partial charge on any atom is 0.273 e. The summed E-state index contributed by atoms with van der Waals surface area (Å²) in [5, 5.41) is 14.0. The zero-order chi connectivity index (χ0) is 31.0. The number of allylic oxidation sites excluding steroid dienone is 1. The Bertz CT molecular complexity index is 2130. The van der Waals surface area contributed by atoms with Gasteiger partial charge in [-0.2, -0.15) is 0 Å². The second kappa shape index (κ2) is 11.6. The monoisotopic (exact) mass is 610 g/mol. The zero-order valence-electron chi connectivity index (χ0n) is 23.3. The smallest absolute Gasteiger partial charge is 0.273 e. The van der Waals surface area contributed by atoms with Gasteiger partial charge >= 0.3 is 0 Å². The van der Waals surface area contributed by atoms with Gasteiger partial charge in [0.15, 0.2) is 4.80 Å². The van der Waals surface area contributed by atoms with Crippen LogP contribution in [0.2, 0.25) is 0 Å². The maximum absolute atomic E-state index is 13.9. The van der Waals surface area contributed by atoms with Crippen LogP contribution in [0.5, 0.6) is 5.75 Å². The molecule has 12 heteroatoms. The number of nitro groups is 1. The SMILES string of the molecule is COc1cc([N+](=O)[O-])ccc1-c1ccc(/C=c2\sc3n(c2=O)[C@H](c2ccc(F)cc2)C(C(=O)Nc2ccccc2)=C(C)N=3)o1. The number of nitrogens with zero attached hydrogens (tertiary/aromatic N) is 3. The Balaban J connectivity index is 1.43. The molecule has 1 atom stereocenters. The van der Waals surface area contributed by atoms with Crippen molar-refractivity contribution in [3.05, 3.63) is 143 Å². The van der Waals surface area contributed by atoms with Crippen LogP contribution in [0.4, 0.5) is 15.8 Å². The lowest BCUT2D eigenvalue weighted by atomic mass is 9.95. The standard InChI is InChI=1S/C32H23FN4O6S/c1-18-28(30(38)35-21-6-4-3-5-7-21)29(19-8-10-20(33)11-9-19)36-31(39)27(44-32(36)34-18)17-23-13-15-25(43-23)24-14-12-22(37(40)41)16-26(24)42-2/h3-17,29H,1-2H3,(H,35,38)/b27-17-/t29-/m1/s1. The number of nitrogens with one attached hydrogen (secondary N) is 1. The number of carbonyl (C=O) groups is 1. The number of methoxy groups -OCH3 is 1. The summed E-state index contributed by atoms with van der Waals surface area (Å²) in [7, 11) is 1.40. The van der Waals surface area contributed by atoms with E-state index in [1.165, 1.54) is 42.0 Å². The molecule has 1 aliphatic rings. The van der Waals surface area contributed by atoms with E-state index in [2.05, 4.69) is 10.3 Å². The van der Waals surface area contributed by atoms with Gasteiger partial charge in [-0.15, -0.1) is 0 Å². The fourth-order valence-electron chi connectivity index (χ4n) is 4.99. The van der Waals surface area contributed by atoms with Crippen molar-refractivity contribution < 1.29 is 23.3 Å². The van der Waals surface area contributed by atoms with E-state index < -0.39 is 28.2 Å². The highest BCUT2D eigenvalue weighted by molar-refractivity contribution is 7.07. The van der Waals surface area contributed by atoms with Gasteiger partial charge in [-0.05, 0) is 55.0 Å². The van der Waals surface area contributed by atoms with Crippen molar-refractivity contribution in [1.29, 1.82) is 0 Å². The van der Waals surface area contributed by atoms with E-state index in [0.717, 1.165) is 11.3 Å². The maximum atomic E-state index is 13.9. The molecular weight excluding hydrogens is 587 g/mol. The second-order valence-corrected chi connectivity index (χ2v) is 10.8. The van der Waals surface area contributed by atoms with Crippen LogP contribution >= 0.6 is 11.3 Å². The Kier molecular flexibility index (Phi) is 7.50. The Hall–Kier alpha value is -5.62. The molecular formula is C32H23FN4O6S. The summed E-state index contributed by atoms with van der Waals surface area (Å²) in [5.41, 5.74) is 1.76. The summed E-state index contributed by atoms with van der Waals surface area (Å²) in [5.74, 6) is 0.109. The summed E-state index contributed by atoms with van der Waals surface area (Å²) in [6.07, 6.45) is 1.57. The van der Waals surface area contributed by atoms with Crippen molar-refractivity contribution in [2.45, 2.75) is 13.0 Å². The first-order valence-corrected chi connectivity index (χ1v) is 14.1. The lowest BCUT2D eigenvalue weighted by Crippen LogP contribution is -2.40. The molecule has 6 rings (SSSR count). The van der Waals surface area contributed by atoms with Crippen LogP contribution in [0.25, 0.3) is 17.4 Å². The van der Waals surface area contributed by atoms with Crippen LogP contribution in [-0.4, -0.2) is 22.5 Å². The molecule has 0 bridgehead atoms. The first kappa shape index (κ1) is 28.5. The summed E-state index contributed by atoms with van der Waals surface area (Å²) in [6.45, 7) is 1.70. The van der Waals surface area contributed by atoms with Gasteiger partial charge in [-0.25, -0.2) is 9.38 Å². The third kappa shape index (κ3) is 5.34. The number of halogens is 1. The third-order valence-corrected chi connectivity index (χ3v) is 8.03. The van der Waals surface area contributed by atoms with Gasteiger partial charge in [0.1, 0.15) is 23.1 Å². The fraction of sp³-hybridized carbons (Fsp3) is 0.0938. The van der Waals surface area contributed by atoms with Gasteiger partial charge < -0.3 is 14.5 Å². The molecule has 0 aliphatic carbocycles. The van der Waals surface area contributed by atoms with Crippen molar-refractivity contribution in [3.63, 3.8) is 0 Å². The number of amides is 1. The van der Waals surface area contributed by atoms with Gasteiger partial charge in [0.05, 0.1) is 45.5 Å². The number of benzene rings is 3. The van der Waals surface area contributed by atoms with Crippen LogP contribution in [0.15, 0.2) is 110 Å². The molecule has 0 fully saturated rings. The molecule has 2 aromatic heterocycles. The topological polar surface area (TPSA) is 129 Å². The first-order valence-electron chi connectivity index (χ1n) is 13.3. The number of non-ortho nitro benzene ring substituents is 1. The van der Waals surface area contributed by atoms with E-state index in [1.807, 2.05) is 6.07 Å². The first-order chi connectivity index (χ1) is 21.2. The minimum Gasteiger partial charge on any atom is -0.496 e. The third-order valence-electron chi connectivity index (χ3n) is 7.05. The van der Waals surface area contributed by atoms with Gasteiger partial charge in [0.25, 0.3) is 17.2 Å². The minimum atomic E-state index is -0.866. The molecule has 0 saturated heterocycles. The predicted molar refractivity (Wildman–Crippen MR) is 163 cm³/mol. The average molecular weight is 611 g/mol. The molecule has 1 amide bonds. The predicted octanol–water partition coefficient (Wildman–Crippen LogP) is 5.19. The fourth-order valence-corrected chi connectivity index (χ4v) is 6.02. The molecule has 0 saturated carbocycles. The van der Waals surface area contributed by atoms with Crippen LogP contribution in [-0.2, 0) is 4.79 Å². The molecule has 3 heterocycles. The number of aromatic nitrogens is 1. The van der Waals surface area contributed by atoms with Gasteiger partial charge in [-0.3, -0.25) is 24.3 Å². The molecule has 1 aliphatic heterocycles. The molecule has 44 heavy (non-hydrogen) atoms. The average Bonchev–Trinajstić information content (AvgIpc) is 3.60. The number of furan rings is 1. The molecule has 5 aromatic rings. The van der Waals surface area contributed by atoms with Crippen molar-refractivity contribution in [2.24, 2.45) is 4.99 Å². The number of rotatable bonds is 7. The number of hydrogen-bond donors (Lipinski definition) is 1. The number of nitro benzene ring substituents is 1. The zero-order valence-corrected chi connectivity index (χ0v) is 24.1. The van der Waals surface area contributed by atoms with Crippen molar-refractivity contribution in [1.82, 2.24) is 4.57 Å². The Morgan fingerprint density at radius 2 is 1.86 bits per heavy atom. The van der Waals surface area contributed by atoms with E-state index in [4.69, 9.17) is 9.15 Å².